The topological polar surface area (TPSA) is 79.0 Å². The van der Waals surface area contributed by atoms with Crippen molar-refractivity contribution in [3.8, 4) is 5.75 Å². The molecule has 3 fully saturated rings. The summed E-state index contributed by atoms with van der Waals surface area (Å²) in [6, 6.07) is 7.22. The summed E-state index contributed by atoms with van der Waals surface area (Å²) in [6.07, 6.45) is 6.26. The highest BCUT2D eigenvalue weighted by Gasteiger charge is 2.35. The Morgan fingerprint density at radius 1 is 1.03 bits per heavy atom. The molecule has 3 aliphatic rings. The van der Waals surface area contributed by atoms with Crippen LogP contribution in [0.3, 0.4) is 0 Å². The molecule has 2 aliphatic heterocycles. The Bertz CT molecular complexity index is 767. The van der Waals surface area contributed by atoms with Gasteiger partial charge in [0.1, 0.15) is 11.9 Å². The first-order valence-electron chi connectivity index (χ1n) is 11.2. The molecule has 7 nitrogen and oxygen atoms in total. The third-order valence-corrected chi connectivity index (χ3v) is 6.16. The van der Waals surface area contributed by atoms with E-state index in [1.807, 2.05) is 21.9 Å². The van der Waals surface area contributed by atoms with Gasteiger partial charge in [-0.05, 0) is 49.9 Å². The number of rotatable bonds is 8. The first-order chi connectivity index (χ1) is 14.6. The minimum absolute atomic E-state index is 0.110. The van der Waals surface area contributed by atoms with Crippen LogP contribution in [-0.2, 0) is 9.59 Å². The number of carbonyl (C=O) groups excluding carboxylic acids is 3. The van der Waals surface area contributed by atoms with Gasteiger partial charge in [-0.1, -0.05) is 0 Å². The zero-order valence-electron chi connectivity index (χ0n) is 17.5. The molecule has 0 radical (unpaired) electrons. The fourth-order valence-corrected chi connectivity index (χ4v) is 4.17. The standard InChI is InChI=1S/C23H31N3O4/c27-21-3-1-13-25(21)14-2-12-24-22(28)17-6-8-19(9-7-17)30-20-10-15-26(16-11-20)23(29)18-4-5-18/h6-9,18,20H,1-5,10-16H2,(H,24,28). The van der Waals surface area contributed by atoms with Crippen LogP contribution in [-0.4, -0.2) is 66.3 Å². The number of carbonyl (C=O) groups is 3. The van der Waals surface area contributed by atoms with E-state index < -0.39 is 0 Å². The number of nitrogens with one attached hydrogen (secondary N) is 1. The van der Waals surface area contributed by atoms with Crippen LogP contribution in [0.15, 0.2) is 24.3 Å². The summed E-state index contributed by atoms with van der Waals surface area (Å²) in [4.78, 5) is 39.9. The van der Waals surface area contributed by atoms with Gasteiger partial charge in [0.25, 0.3) is 5.91 Å². The quantitative estimate of drug-likeness (QED) is 0.663. The first kappa shape index (κ1) is 20.7. The molecule has 3 amide bonds. The van der Waals surface area contributed by atoms with Crippen molar-refractivity contribution in [2.24, 2.45) is 5.92 Å². The van der Waals surface area contributed by atoms with Crippen molar-refractivity contribution in [3.63, 3.8) is 0 Å². The average Bonchev–Trinajstić information content (AvgIpc) is 3.54. The number of ether oxygens (including phenoxy) is 1. The second-order valence-electron chi connectivity index (χ2n) is 8.53. The van der Waals surface area contributed by atoms with Crippen molar-refractivity contribution >= 4 is 17.7 Å². The summed E-state index contributed by atoms with van der Waals surface area (Å²) in [7, 11) is 0. The van der Waals surface area contributed by atoms with E-state index in [0.29, 0.717) is 31.0 Å². The molecule has 0 spiro atoms. The van der Waals surface area contributed by atoms with Gasteiger partial charge in [0.15, 0.2) is 0 Å². The van der Waals surface area contributed by atoms with E-state index in [0.717, 1.165) is 63.9 Å². The SMILES string of the molecule is O=C(NCCCN1CCCC1=O)c1ccc(OC2CCN(C(=O)C3CC3)CC2)cc1. The Hall–Kier alpha value is -2.57. The number of hydrogen-bond acceptors (Lipinski definition) is 4. The van der Waals surface area contributed by atoms with Crippen LogP contribution in [0, 0.1) is 5.92 Å². The highest BCUT2D eigenvalue weighted by atomic mass is 16.5. The fraction of sp³-hybridized carbons (Fsp3) is 0.609. The summed E-state index contributed by atoms with van der Waals surface area (Å²) >= 11 is 0. The Morgan fingerprint density at radius 3 is 2.40 bits per heavy atom. The van der Waals surface area contributed by atoms with Gasteiger partial charge in [0.05, 0.1) is 0 Å². The Labute approximate surface area is 177 Å². The molecule has 0 aromatic heterocycles. The van der Waals surface area contributed by atoms with Crippen LogP contribution in [0.25, 0.3) is 0 Å². The van der Waals surface area contributed by atoms with Crippen molar-refractivity contribution in [2.75, 3.05) is 32.7 Å². The maximum Gasteiger partial charge on any atom is 0.251 e. The number of piperidine rings is 1. The molecular formula is C23H31N3O4. The Morgan fingerprint density at radius 2 is 1.77 bits per heavy atom. The molecule has 0 bridgehead atoms. The minimum Gasteiger partial charge on any atom is -0.490 e. The van der Waals surface area contributed by atoms with Crippen LogP contribution in [0.5, 0.6) is 5.75 Å². The van der Waals surface area contributed by atoms with Crippen LogP contribution in [0.4, 0.5) is 0 Å². The molecule has 1 saturated carbocycles. The molecule has 30 heavy (non-hydrogen) atoms. The van der Waals surface area contributed by atoms with Gasteiger partial charge < -0.3 is 19.9 Å². The predicted molar refractivity (Wildman–Crippen MR) is 112 cm³/mol. The average molecular weight is 414 g/mol. The second-order valence-corrected chi connectivity index (χ2v) is 8.53. The van der Waals surface area contributed by atoms with Crippen molar-refractivity contribution in [3.05, 3.63) is 29.8 Å². The van der Waals surface area contributed by atoms with E-state index in [1.54, 1.807) is 12.1 Å². The Balaban J connectivity index is 1.16. The summed E-state index contributed by atoms with van der Waals surface area (Å²) < 4.78 is 6.05. The fourth-order valence-electron chi connectivity index (χ4n) is 4.17. The van der Waals surface area contributed by atoms with Crippen LogP contribution in [0.1, 0.15) is 55.3 Å². The zero-order chi connectivity index (χ0) is 20.9. The molecular weight excluding hydrogens is 382 g/mol. The molecule has 2 heterocycles. The van der Waals surface area contributed by atoms with Gasteiger partial charge in [0, 0.05) is 63.5 Å². The zero-order valence-corrected chi connectivity index (χ0v) is 17.5. The molecule has 1 aliphatic carbocycles. The molecule has 1 N–H and O–H groups in total. The lowest BCUT2D eigenvalue weighted by Gasteiger charge is -2.32. The molecule has 0 atom stereocenters. The molecule has 1 aromatic carbocycles. The van der Waals surface area contributed by atoms with Crippen molar-refractivity contribution in [1.82, 2.24) is 15.1 Å². The lowest BCUT2D eigenvalue weighted by Crippen LogP contribution is -2.42. The molecule has 0 unspecified atom stereocenters. The van der Waals surface area contributed by atoms with Crippen LogP contribution in [0.2, 0.25) is 0 Å². The van der Waals surface area contributed by atoms with E-state index >= 15 is 0 Å². The Kier molecular flexibility index (Phi) is 6.55. The van der Waals surface area contributed by atoms with E-state index in [9.17, 15) is 14.4 Å². The van der Waals surface area contributed by atoms with Gasteiger partial charge in [-0.15, -0.1) is 0 Å². The molecule has 1 aromatic rings. The summed E-state index contributed by atoms with van der Waals surface area (Å²) in [5.74, 6) is 1.46. The highest BCUT2D eigenvalue weighted by Crippen LogP contribution is 2.32. The van der Waals surface area contributed by atoms with E-state index in [1.165, 1.54) is 0 Å². The number of amides is 3. The van der Waals surface area contributed by atoms with E-state index in [2.05, 4.69) is 5.32 Å². The monoisotopic (exact) mass is 413 g/mol. The molecule has 7 heteroatoms. The smallest absolute Gasteiger partial charge is 0.251 e. The maximum absolute atomic E-state index is 12.3. The van der Waals surface area contributed by atoms with Crippen LogP contribution < -0.4 is 10.1 Å². The van der Waals surface area contributed by atoms with Gasteiger partial charge in [-0.25, -0.2) is 0 Å². The highest BCUT2D eigenvalue weighted by molar-refractivity contribution is 5.94. The second kappa shape index (κ2) is 9.49. The number of nitrogens with zero attached hydrogens (tertiary/aromatic N) is 2. The number of likely N-dealkylation sites (tertiary alicyclic amines) is 2. The van der Waals surface area contributed by atoms with Gasteiger partial charge in [0.2, 0.25) is 11.8 Å². The summed E-state index contributed by atoms with van der Waals surface area (Å²) in [5, 5.41) is 2.91. The lowest BCUT2D eigenvalue weighted by atomic mass is 10.1. The summed E-state index contributed by atoms with van der Waals surface area (Å²) in [5.41, 5.74) is 0.601. The first-order valence-corrected chi connectivity index (χ1v) is 11.2. The molecule has 4 rings (SSSR count). The lowest BCUT2D eigenvalue weighted by molar-refractivity contribution is -0.134. The molecule has 2 saturated heterocycles. The largest absolute Gasteiger partial charge is 0.490 e. The minimum atomic E-state index is -0.110. The van der Waals surface area contributed by atoms with Crippen molar-refractivity contribution < 1.29 is 19.1 Å². The predicted octanol–water partition coefficient (Wildman–Crippen LogP) is 2.21. The van der Waals surface area contributed by atoms with Crippen molar-refractivity contribution in [2.45, 2.75) is 51.0 Å². The number of benzene rings is 1. The normalized spacial score (nSPS) is 19.8. The van der Waals surface area contributed by atoms with Crippen molar-refractivity contribution in [1.29, 1.82) is 0 Å². The van der Waals surface area contributed by atoms with Crippen LogP contribution >= 0.6 is 0 Å². The van der Waals surface area contributed by atoms with E-state index in [-0.39, 0.29) is 23.8 Å². The maximum atomic E-state index is 12.3. The van der Waals surface area contributed by atoms with Gasteiger partial charge in [-0.2, -0.15) is 0 Å². The third-order valence-electron chi connectivity index (χ3n) is 6.16. The third kappa shape index (κ3) is 5.32. The van der Waals surface area contributed by atoms with E-state index in [4.69, 9.17) is 4.74 Å². The number of hydrogen-bond donors (Lipinski definition) is 1. The molecule has 162 valence electrons. The van der Waals surface area contributed by atoms with Gasteiger partial charge >= 0.3 is 0 Å². The van der Waals surface area contributed by atoms with Gasteiger partial charge in [-0.3, -0.25) is 14.4 Å². The summed E-state index contributed by atoms with van der Waals surface area (Å²) in [6.45, 7) is 3.63.